The Hall–Kier alpha value is -4.94. The Morgan fingerprint density at radius 2 is 1.98 bits per heavy atom. The molecule has 45 heavy (non-hydrogen) atoms. The SMILES string of the molecule is Cn1nc([C@@]2(C)CCOc3c(CCC(=O)O)cccc32)nc1-c1cc(Oc2c(F)c(F)c3[nH]ccc3c2CC(F)F)ccc1F. The normalized spacial score (nSPS) is 16.2. The smallest absolute Gasteiger partial charge is 0.303 e. The number of nitrogens with one attached hydrogen (secondary N) is 1. The van der Waals surface area contributed by atoms with E-state index < -0.39 is 47.4 Å². The molecule has 0 saturated carbocycles. The Balaban J connectivity index is 1.39. The van der Waals surface area contributed by atoms with Crippen LogP contribution in [0, 0.1) is 17.5 Å². The molecule has 2 N–H and O–H groups in total. The zero-order valence-corrected chi connectivity index (χ0v) is 24.1. The Morgan fingerprint density at radius 1 is 1.18 bits per heavy atom. The summed E-state index contributed by atoms with van der Waals surface area (Å²) in [5.41, 5.74) is 0.152. The standard InChI is InChI=1S/C32H27F5N4O4/c1-32(11-13-44-28-16(6-9-24(42)43)4-3-5-21(28)32)31-39-30(41(2)40-31)20-14-17(7-8-22(20)33)45-29-19(15-23(34)35)18-10-12-38-27(18)25(36)26(29)37/h3-5,7-8,10,12,14,23,38H,6,9,11,13,15H2,1-2H3,(H,42,43)/t32-/m0/s1. The molecule has 0 radical (unpaired) electrons. The molecule has 2 aromatic heterocycles. The van der Waals surface area contributed by atoms with Crippen LogP contribution in [0.25, 0.3) is 22.3 Å². The van der Waals surface area contributed by atoms with Gasteiger partial charge in [-0.1, -0.05) is 18.2 Å². The number of para-hydroxylation sites is 1. The molecule has 3 aromatic carbocycles. The minimum Gasteiger partial charge on any atom is -0.493 e. The summed E-state index contributed by atoms with van der Waals surface area (Å²) in [6.07, 6.45) is -1.78. The maximum absolute atomic E-state index is 15.3. The minimum absolute atomic E-state index is 0.0422. The predicted molar refractivity (Wildman–Crippen MR) is 153 cm³/mol. The van der Waals surface area contributed by atoms with Crippen molar-refractivity contribution in [3.05, 3.63) is 88.6 Å². The van der Waals surface area contributed by atoms with E-state index in [0.29, 0.717) is 24.6 Å². The van der Waals surface area contributed by atoms with Crippen LogP contribution in [0.2, 0.25) is 0 Å². The second kappa shape index (κ2) is 11.5. The number of carboxylic acids is 1. The molecule has 5 aromatic rings. The van der Waals surface area contributed by atoms with Gasteiger partial charge in [0.1, 0.15) is 17.3 Å². The molecule has 1 atom stereocenters. The number of hydrogen-bond donors (Lipinski definition) is 2. The van der Waals surface area contributed by atoms with Crippen molar-refractivity contribution in [2.75, 3.05) is 6.61 Å². The molecule has 1 aliphatic rings. The van der Waals surface area contributed by atoms with E-state index in [-0.39, 0.29) is 46.4 Å². The van der Waals surface area contributed by atoms with Gasteiger partial charge in [-0.2, -0.15) is 9.49 Å². The summed E-state index contributed by atoms with van der Waals surface area (Å²) in [6, 6.07) is 10.3. The van der Waals surface area contributed by atoms with Gasteiger partial charge in [0.05, 0.1) is 23.1 Å². The maximum atomic E-state index is 15.3. The predicted octanol–water partition coefficient (Wildman–Crippen LogP) is 7.09. The zero-order valence-electron chi connectivity index (χ0n) is 24.1. The number of alkyl halides is 2. The molecule has 0 spiro atoms. The number of hydrogen-bond acceptors (Lipinski definition) is 5. The Kier molecular flexibility index (Phi) is 7.71. The summed E-state index contributed by atoms with van der Waals surface area (Å²) in [5.74, 6) is -4.22. The number of carbonyl (C=O) groups is 1. The van der Waals surface area contributed by atoms with Crippen molar-refractivity contribution in [1.82, 2.24) is 19.7 Å². The van der Waals surface area contributed by atoms with E-state index in [1.165, 1.54) is 29.1 Å². The third-order valence-corrected chi connectivity index (χ3v) is 8.12. The molecule has 6 rings (SSSR count). The lowest BCUT2D eigenvalue weighted by molar-refractivity contribution is -0.136. The van der Waals surface area contributed by atoms with Crippen molar-refractivity contribution in [3.63, 3.8) is 0 Å². The highest BCUT2D eigenvalue weighted by molar-refractivity contribution is 5.86. The molecule has 0 aliphatic carbocycles. The van der Waals surface area contributed by atoms with E-state index in [4.69, 9.17) is 14.6 Å². The van der Waals surface area contributed by atoms with Crippen molar-refractivity contribution < 1.29 is 41.3 Å². The zero-order chi connectivity index (χ0) is 32.0. The van der Waals surface area contributed by atoms with E-state index in [0.717, 1.165) is 17.2 Å². The van der Waals surface area contributed by atoms with Gasteiger partial charge >= 0.3 is 5.97 Å². The highest BCUT2D eigenvalue weighted by Gasteiger charge is 2.40. The number of carboxylic acid groups (broad SMARTS) is 1. The molecule has 0 unspecified atom stereocenters. The summed E-state index contributed by atoms with van der Waals surface area (Å²) < 4.78 is 85.2. The molecule has 0 saturated heterocycles. The number of nitrogens with zero attached hydrogens (tertiary/aromatic N) is 3. The van der Waals surface area contributed by atoms with E-state index in [2.05, 4.69) is 15.1 Å². The van der Waals surface area contributed by atoms with E-state index >= 15 is 8.78 Å². The van der Waals surface area contributed by atoms with Crippen LogP contribution in [0.5, 0.6) is 17.2 Å². The highest BCUT2D eigenvalue weighted by Crippen LogP contribution is 2.45. The molecule has 0 amide bonds. The molecular formula is C32H27F5N4O4. The third-order valence-electron chi connectivity index (χ3n) is 8.12. The minimum atomic E-state index is -2.87. The van der Waals surface area contributed by atoms with Crippen LogP contribution in [0.3, 0.4) is 0 Å². The van der Waals surface area contributed by atoms with Gasteiger partial charge in [-0.05, 0) is 49.6 Å². The first kappa shape index (κ1) is 30.1. The second-order valence-electron chi connectivity index (χ2n) is 11.0. The van der Waals surface area contributed by atoms with Crippen molar-refractivity contribution in [1.29, 1.82) is 0 Å². The second-order valence-corrected chi connectivity index (χ2v) is 11.0. The number of aromatic nitrogens is 4. The maximum Gasteiger partial charge on any atom is 0.303 e. The molecule has 13 heteroatoms. The van der Waals surface area contributed by atoms with Crippen molar-refractivity contribution in [2.24, 2.45) is 7.05 Å². The molecule has 3 heterocycles. The topological polar surface area (TPSA) is 102 Å². The number of aromatic amines is 1. The molecule has 0 bridgehead atoms. The summed E-state index contributed by atoms with van der Waals surface area (Å²) in [7, 11) is 1.57. The molecule has 8 nitrogen and oxygen atoms in total. The van der Waals surface area contributed by atoms with Crippen LogP contribution >= 0.6 is 0 Å². The first-order valence-electron chi connectivity index (χ1n) is 14.1. The van der Waals surface area contributed by atoms with Crippen LogP contribution in [-0.4, -0.2) is 43.9 Å². The summed E-state index contributed by atoms with van der Waals surface area (Å²) in [4.78, 5) is 18.4. The van der Waals surface area contributed by atoms with Gasteiger partial charge in [-0.3, -0.25) is 4.79 Å². The van der Waals surface area contributed by atoms with Gasteiger partial charge in [-0.15, -0.1) is 0 Å². The Labute approximate surface area is 253 Å². The number of H-pyrrole nitrogens is 1. The van der Waals surface area contributed by atoms with E-state index in [9.17, 15) is 18.0 Å². The summed E-state index contributed by atoms with van der Waals surface area (Å²) in [5, 5.41) is 13.8. The number of fused-ring (bicyclic) bond motifs is 2. The van der Waals surface area contributed by atoms with Gasteiger partial charge < -0.3 is 19.6 Å². The monoisotopic (exact) mass is 626 g/mol. The fourth-order valence-electron chi connectivity index (χ4n) is 5.79. The van der Waals surface area contributed by atoms with Crippen LogP contribution in [0.4, 0.5) is 22.0 Å². The lowest BCUT2D eigenvalue weighted by atomic mass is 9.76. The Bertz CT molecular complexity index is 1940. The average Bonchev–Trinajstić information content (AvgIpc) is 3.65. The van der Waals surface area contributed by atoms with Crippen molar-refractivity contribution in [3.8, 4) is 28.6 Å². The van der Waals surface area contributed by atoms with Gasteiger partial charge in [0.2, 0.25) is 12.2 Å². The lowest BCUT2D eigenvalue weighted by Gasteiger charge is -2.34. The molecule has 1 aliphatic heterocycles. The lowest BCUT2D eigenvalue weighted by Crippen LogP contribution is -2.33. The molecule has 234 valence electrons. The Morgan fingerprint density at radius 3 is 2.73 bits per heavy atom. The van der Waals surface area contributed by atoms with Gasteiger partial charge in [0, 0.05) is 42.6 Å². The van der Waals surface area contributed by atoms with Gasteiger partial charge in [0.25, 0.3) is 0 Å². The van der Waals surface area contributed by atoms with Crippen LogP contribution < -0.4 is 9.47 Å². The first-order valence-corrected chi connectivity index (χ1v) is 14.1. The number of halogens is 5. The van der Waals surface area contributed by atoms with Crippen molar-refractivity contribution in [2.45, 2.75) is 44.4 Å². The van der Waals surface area contributed by atoms with Gasteiger partial charge in [-0.25, -0.2) is 27.2 Å². The van der Waals surface area contributed by atoms with Crippen LogP contribution in [-0.2, 0) is 30.1 Å². The molecule has 0 fully saturated rings. The number of ether oxygens (including phenoxy) is 2. The number of aliphatic carboxylic acids is 1. The van der Waals surface area contributed by atoms with Gasteiger partial charge in [0.15, 0.2) is 23.2 Å². The quantitative estimate of drug-likeness (QED) is 0.170. The first-order chi connectivity index (χ1) is 21.5. The fourth-order valence-corrected chi connectivity index (χ4v) is 5.79. The number of aryl methyl sites for hydroxylation is 2. The largest absolute Gasteiger partial charge is 0.493 e. The van der Waals surface area contributed by atoms with Crippen LogP contribution in [0.1, 0.15) is 42.3 Å². The fraction of sp³-hybridized carbons (Fsp3) is 0.281. The number of benzene rings is 3. The average molecular weight is 627 g/mol. The van der Waals surface area contributed by atoms with E-state index in [1.807, 2.05) is 19.1 Å². The van der Waals surface area contributed by atoms with E-state index in [1.54, 1.807) is 13.1 Å². The van der Waals surface area contributed by atoms with Crippen LogP contribution in [0.15, 0.2) is 48.7 Å². The summed E-state index contributed by atoms with van der Waals surface area (Å²) >= 11 is 0. The highest BCUT2D eigenvalue weighted by atomic mass is 19.3. The third kappa shape index (κ3) is 5.36. The summed E-state index contributed by atoms with van der Waals surface area (Å²) in [6.45, 7) is 2.23. The number of rotatable bonds is 9. The van der Waals surface area contributed by atoms with Crippen molar-refractivity contribution >= 4 is 16.9 Å². The molecular weight excluding hydrogens is 599 g/mol.